The summed E-state index contributed by atoms with van der Waals surface area (Å²) in [6.45, 7) is 4.00. The number of nitrogens with two attached hydrogens (primary N) is 2. The number of nitrogens with one attached hydrogen (secondary N) is 1. The van der Waals surface area contributed by atoms with E-state index in [4.69, 9.17) is 21.4 Å². The molecule has 0 saturated carbocycles. The summed E-state index contributed by atoms with van der Waals surface area (Å²) in [5.74, 6) is 0.657. The molecule has 10 nitrogen and oxygen atoms in total. The lowest BCUT2D eigenvalue weighted by Crippen LogP contribution is -2.11. The van der Waals surface area contributed by atoms with Crippen LogP contribution in [-0.2, 0) is 12.8 Å². The zero-order valence-corrected chi connectivity index (χ0v) is 26.1. The molecular weight excluding hydrogens is 588 g/mol. The number of aromatic nitrogens is 6. The second-order valence-electron chi connectivity index (χ2n) is 10.8. The van der Waals surface area contributed by atoms with Crippen molar-refractivity contribution in [1.29, 1.82) is 0 Å². The number of fused-ring (bicyclic) bond motifs is 3. The number of aryl methyl sites for hydroxylation is 2. The summed E-state index contributed by atoms with van der Waals surface area (Å²) < 4.78 is 2.12. The number of hydrogen-bond donors (Lipinski definition) is 3. The highest BCUT2D eigenvalue weighted by Crippen LogP contribution is 2.33. The second kappa shape index (κ2) is 13.5. The number of nitrogens with zero attached hydrogens (tertiary/aromatic N) is 5. The lowest BCUT2D eigenvalue weighted by Gasteiger charge is -2.12. The van der Waals surface area contributed by atoms with Gasteiger partial charge in [0, 0.05) is 28.6 Å². The average Bonchev–Trinajstić information content (AvgIpc) is 3.87. The van der Waals surface area contributed by atoms with E-state index in [2.05, 4.69) is 49.9 Å². The molecule has 234 valence electrons. The fraction of sp³-hybridized carbons (Fsp3) is 0.135. The molecule has 4 aromatic heterocycles. The maximum atomic E-state index is 10.9. The van der Waals surface area contributed by atoms with Crippen LogP contribution in [0.2, 0.25) is 0 Å². The van der Waals surface area contributed by atoms with Gasteiger partial charge in [-0.2, -0.15) is 0 Å². The van der Waals surface area contributed by atoms with Crippen LogP contribution >= 0.6 is 0 Å². The molecule has 7 aromatic rings. The number of amides is 1. The molecule has 0 atom stereocenters. The summed E-state index contributed by atoms with van der Waals surface area (Å²) in [4.78, 5) is 42.6. The van der Waals surface area contributed by atoms with E-state index in [0.29, 0.717) is 34.3 Å². The lowest BCUT2D eigenvalue weighted by atomic mass is 10.1. The van der Waals surface area contributed by atoms with Gasteiger partial charge in [0.1, 0.15) is 11.3 Å². The van der Waals surface area contributed by atoms with Crippen molar-refractivity contribution in [3.05, 3.63) is 120 Å². The molecule has 8 rings (SSSR count). The lowest BCUT2D eigenvalue weighted by molar-refractivity contribution is 0.100. The van der Waals surface area contributed by atoms with E-state index >= 15 is 0 Å². The quantitative estimate of drug-likeness (QED) is 0.180. The number of anilines is 1. The zero-order chi connectivity index (χ0) is 32.9. The van der Waals surface area contributed by atoms with Gasteiger partial charge in [-0.3, -0.25) is 14.2 Å². The Labute approximate surface area is 271 Å². The number of carbonyl (C=O) groups is 2. The molecule has 5 N–H and O–H groups in total. The summed E-state index contributed by atoms with van der Waals surface area (Å²) in [7, 11) is 0. The van der Waals surface area contributed by atoms with Gasteiger partial charge < -0.3 is 16.5 Å². The van der Waals surface area contributed by atoms with Gasteiger partial charge in [-0.25, -0.2) is 19.9 Å². The summed E-state index contributed by atoms with van der Waals surface area (Å²) in [5, 5.41) is 0. The van der Waals surface area contributed by atoms with Gasteiger partial charge >= 0.3 is 0 Å². The first kappa shape index (κ1) is 30.8. The highest BCUT2D eigenvalue weighted by atomic mass is 16.1. The van der Waals surface area contributed by atoms with Crippen LogP contribution in [0.3, 0.4) is 0 Å². The van der Waals surface area contributed by atoms with Crippen molar-refractivity contribution in [2.45, 2.75) is 33.1 Å². The maximum absolute atomic E-state index is 10.9. The third-order valence-electron chi connectivity index (χ3n) is 7.96. The first-order chi connectivity index (χ1) is 23.0. The molecule has 1 aliphatic carbocycles. The maximum Gasteiger partial charge on any atom is 0.248 e. The van der Waals surface area contributed by atoms with Crippen LogP contribution < -0.4 is 11.5 Å². The second-order valence-corrected chi connectivity index (χ2v) is 10.8. The molecule has 47 heavy (non-hydrogen) atoms. The molecule has 0 bridgehead atoms. The number of aromatic amines is 1. The first-order valence-electron chi connectivity index (χ1n) is 15.5. The van der Waals surface area contributed by atoms with E-state index in [1.54, 1.807) is 12.3 Å². The molecule has 1 aliphatic rings. The topological polar surface area (TPSA) is 158 Å². The Morgan fingerprint density at radius 3 is 2.47 bits per heavy atom. The molecule has 0 radical (unpaired) electrons. The highest BCUT2D eigenvalue weighted by Gasteiger charge is 2.20. The predicted octanol–water partition coefficient (Wildman–Crippen LogP) is 6.72. The molecule has 1 amide bonds. The van der Waals surface area contributed by atoms with Crippen molar-refractivity contribution in [2.75, 3.05) is 5.73 Å². The molecule has 0 spiro atoms. The van der Waals surface area contributed by atoms with Gasteiger partial charge in [0.15, 0.2) is 17.8 Å². The monoisotopic (exact) mass is 622 g/mol. The van der Waals surface area contributed by atoms with E-state index in [0.717, 1.165) is 52.3 Å². The fourth-order valence-electron chi connectivity index (χ4n) is 5.77. The normalized spacial score (nSPS) is 11.7. The van der Waals surface area contributed by atoms with Crippen molar-refractivity contribution in [3.8, 4) is 28.3 Å². The van der Waals surface area contributed by atoms with Crippen molar-refractivity contribution >= 4 is 40.2 Å². The van der Waals surface area contributed by atoms with Gasteiger partial charge in [0.05, 0.1) is 28.6 Å². The third kappa shape index (κ3) is 6.08. The standard InChI is InChI=1S/C26H21N5.C9H7N3O2.C2H6/c27-24-21(10-5-15-28-24)25-30-23-14-13-22(18-6-2-1-3-7-18)29-26(23)31(25)20-12-11-17-8-4-9-19(17)16-20;10-9(14)5-1-6(3-13)8-7(2-5)11-4-12-8;1-2/h1-3,5-7,10-16H,4,8-9H2,(H2,27,28);1-4H,(H2,10,14)(H,11,12);1-2H3. The number of hydrogen-bond acceptors (Lipinski definition) is 7. The smallest absolute Gasteiger partial charge is 0.248 e. The van der Waals surface area contributed by atoms with E-state index in [1.807, 2.05) is 56.3 Å². The number of carbonyl (C=O) groups excluding carboxylic acids is 2. The van der Waals surface area contributed by atoms with Crippen molar-refractivity contribution in [2.24, 2.45) is 5.73 Å². The minimum Gasteiger partial charge on any atom is -0.383 e. The van der Waals surface area contributed by atoms with Gasteiger partial charge in [-0.05, 0) is 78.9 Å². The largest absolute Gasteiger partial charge is 0.383 e. The molecule has 3 aromatic carbocycles. The van der Waals surface area contributed by atoms with Crippen LogP contribution in [-0.4, -0.2) is 41.7 Å². The van der Waals surface area contributed by atoms with E-state index < -0.39 is 5.91 Å². The Morgan fingerprint density at radius 2 is 1.70 bits per heavy atom. The molecular formula is C37H34N8O2. The number of benzene rings is 3. The number of pyridine rings is 2. The van der Waals surface area contributed by atoms with Crippen LogP contribution in [0.4, 0.5) is 5.82 Å². The average molecular weight is 623 g/mol. The summed E-state index contributed by atoms with van der Waals surface area (Å²) in [5.41, 5.74) is 21.5. The number of nitrogen functional groups attached to an aromatic ring is 1. The molecule has 4 heterocycles. The minimum absolute atomic E-state index is 0.295. The Kier molecular flexibility index (Phi) is 8.83. The Morgan fingerprint density at radius 1 is 0.894 bits per heavy atom. The van der Waals surface area contributed by atoms with E-state index in [1.165, 1.54) is 29.9 Å². The van der Waals surface area contributed by atoms with Crippen LogP contribution in [0.15, 0.2) is 97.5 Å². The fourth-order valence-corrected chi connectivity index (χ4v) is 5.77. The SMILES string of the molecule is CC.NC(=O)c1cc(C=O)c2nc[nH]c2c1.Nc1ncccc1-c1nc2ccc(-c3ccccc3)nc2n1-c1ccc2c(c1)CCC2. The van der Waals surface area contributed by atoms with E-state index in [9.17, 15) is 9.59 Å². The van der Waals surface area contributed by atoms with E-state index in [-0.39, 0.29) is 0 Å². The Bertz CT molecular complexity index is 2220. The molecule has 0 unspecified atom stereocenters. The van der Waals surface area contributed by atoms with Crippen molar-refractivity contribution < 1.29 is 9.59 Å². The third-order valence-corrected chi connectivity index (χ3v) is 7.96. The number of rotatable bonds is 5. The molecule has 0 fully saturated rings. The Hall–Kier alpha value is -6.16. The summed E-state index contributed by atoms with van der Waals surface area (Å²) >= 11 is 0. The summed E-state index contributed by atoms with van der Waals surface area (Å²) in [6.07, 6.45) is 7.29. The minimum atomic E-state index is -0.565. The number of primary amides is 1. The van der Waals surface area contributed by atoms with Gasteiger partial charge in [-0.1, -0.05) is 50.2 Å². The zero-order valence-electron chi connectivity index (χ0n) is 26.1. The van der Waals surface area contributed by atoms with Gasteiger partial charge in [0.25, 0.3) is 0 Å². The number of imidazole rings is 2. The van der Waals surface area contributed by atoms with Crippen LogP contribution in [0.5, 0.6) is 0 Å². The Balaban J connectivity index is 0.000000203. The van der Waals surface area contributed by atoms with Gasteiger partial charge in [0.2, 0.25) is 5.91 Å². The van der Waals surface area contributed by atoms with Crippen LogP contribution in [0.1, 0.15) is 52.1 Å². The van der Waals surface area contributed by atoms with Crippen LogP contribution in [0, 0.1) is 0 Å². The van der Waals surface area contributed by atoms with Crippen molar-refractivity contribution in [3.63, 3.8) is 0 Å². The van der Waals surface area contributed by atoms with Gasteiger partial charge in [-0.15, -0.1) is 0 Å². The molecule has 0 saturated heterocycles. The molecule has 0 aliphatic heterocycles. The van der Waals surface area contributed by atoms with Crippen molar-refractivity contribution in [1.82, 2.24) is 29.5 Å². The number of H-pyrrole nitrogens is 1. The predicted molar refractivity (Wildman–Crippen MR) is 185 cm³/mol. The first-order valence-corrected chi connectivity index (χ1v) is 15.5. The number of aldehydes is 1. The molecule has 10 heteroatoms. The summed E-state index contributed by atoms with van der Waals surface area (Å²) in [6, 6.07) is 27.8. The highest BCUT2D eigenvalue weighted by molar-refractivity contribution is 6.02. The van der Waals surface area contributed by atoms with Crippen LogP contribution in [0.25, 0.3) is 50.5 Å².